The molecule has 0 saturated heterocycles. The molecule has 1 heterocycles. The number of alkyl halides is 2. The molecule has 0 radical (unpaired) electrons. The molecule has 1 atom stereocenters. The molecule has 2 aromatic rings. The van der Waals surface area contributed by atoms with Gasteiger partial charge in [0.05, 0.1) is 18.6 Å². The predicted molar refractivity (Wildman–Crippen MR) is 92.7 cm³/mol. The van der Waals surface area contributed by atoms with Gasteiger partial charge >= 0.3 is 36.2 Å². The molecule has 0 amide bonds. The monoisotopic (exact) mass is 393 g/mol. The van der Waals surface area contributed by atoms with Gasteiger partial charge in [-0.3, -0.25) is 9.19 Å². The third-order valence-electron chi connectivity index (χ3n) is 3.38. The van der Waals surface area contributed by atoms with Crippen LogP contribution in [0.2, 0.25) is 0 Å². The van der Waals surface area contributed by atoms with Crippen molar-refractivity contribution in [3.05, 3.63) is 47.0 Å². The van der Waals surface area contributed by atoms with Gasteiger partial charge in [-0.15, -0.1) is 5.69 Å². The van der Waals surface area contributed by atoms with Crippen LogP contribution in [0.3, 0.4) is 0 Å². The van der Waals surface area contributed by atoms with Gasteiger partial charge in [-0.2, -0.15) is 8.78 Å². The van der Waals surface area contributed by atoms with Crippen LogP contribution in [0.4, 0.5) is 20.2 Å². The molecule has 10 heteroatoms. The second-order valence-corrected chi connectivity index (χ2v) is 6.48. The molecule has 0 aliphatic heterocycles. The fourth-order valence-corrected chi connectivity index (χ4v) is 3.09. The van der Waals surface area contributed by atoms with E-state index < -0.39 is 17.4 Å². The first-order valence-corrected chi connectivity index (χ1v) is 8.74. The summed E-state index contributed by atoms with van der Waals surface area (Å²) >= 11 is 0. The van der Waals surface area contributed by atoms with E-state index in [1.807, 2.05) is 6.92 Å². The fourth-order valence-electron chi connectivity index (χ4n) is 2.12. The maximum absolute atomic E-state index is 12.2. The molecule has 6 nitrogen and oxygen atoms in total. The number of rotatable bonds is 8. The van der Waals surface area contributed by atoms with Crippen molar-refractivity contribution in [1.82, 2.24) is 4.98 Å². The molecular formula is C16H18F2N3NaO3S. The van der Waals surface area contributed by atoms with Crippen LogP contribution in [0, 0.1) is 6.92 Å². The van der Waals surface area contributed by atoms with E-state index in [0.29, 0.717) is 17.1 Å². The average Bonchev–Trinajstić information content (AvgIpc) is 2.55. The van der Waals surface area contributed by atoms with Gasteiger partial charge in [0.2, 0.25) is 0 Å². The molecule has 1 aromatic carbocycles. The van der Waals surface area contributed by atoms with Gasteiger partial charge in [-0.1, -0.05) is 11.9 Å². The fraction of sp³-hybridized carbons (Fsp3) is 0.312. The molecule has 136 valence electrons. The maximum Gasteiger partial charge on any atom is 1.00 e. The minimum atomic E-state index is -2.92. The van der Waals surface area contributed by atoms with Gasteiger partial charge in [0, 0.05) is 34.3 Å². The summed E-state index contributed by atoms with van der Waals surface area (Å²) in [5.74, 6) is 0.859. The van der Waals surface area contributed by atoms with Crippen LogP contribution >= 0.6 is 0 Å². The molecule has 0 bridgehead atoms. The Morgan fingerprint density at radius 2 is 2.08 bits per heavy atom. The van der Waals surface area contributed by atoms with Crippen LogP contribution in [0.15, 0.2) is 30.5 Å². The van der Waals surface area contributed by atoms with E-state index in [1.165, 1.54) is 18.2 Å². The summed E-state index contributed by atoms with van der Waals surface area (Å²) < 4.78 is 46.0. The Morgan fingerprint density at radius 3 is 2.69 bits per heavy atom. The minimum absolute atomic E-state index is 0. The average molecular weight is 393 g/mol. The number of halogens is 2. The smallest absolute Gasteiger partial charge is 0.672 e. The number of hydrogen-bond donors (Lipinski definition) is 1. The minimum Gasteiger partial charge on any atom is -0.672 e. The molecule has 26 heavy (non-hydrogen) atoms. The van der Waals surface area contributed by atoms with E-state index in [1.54, 1.807) is 19.4 Å². The summed E-state index contributed by atoms with van der Waals surface area (Å²) in [5, 5.41) is 4.17. The molecule has 2 rings (SSSR count). The second-order valence-electron chi connectivity index (χ2n) is 5.06. The standard InChI is InChI=1S/C16H18F2N3O3S.Na/c1-10-14(20-6-5-15(10)23-2)8-25(22)9-21-13-4-3-11(7-12(13)19)24-16(17)18;/h3-7,16H,8-9,19H2,1-2H3;/q-1;+1. The largest absolute Gasteiger partial charge is 1.00 e. The molecule has 0 fully saturated rings. The molecule has 0 aliphatic carbocycles. The van der Waals surface area contributed by atoms with Crippen molar-refractivity contribution in [1.29, 1.82) is 0 Å². The van der Waals surface area contributed by atoms with Gasteiger partial charge in [0.1, 0.15) is 11.5 Å². The Hall–Kier alpha value is -1.42. The van der Waals surface area contributed by atoms with E-state index in [2.05, 4.69) is 15.0 Å². The Labute approximate surface area is 175 Å². The van der Waals surface area contributed by atoms with Crippen LogP contribution in [0.25, 0.3) is 5.32 Å². The normalized spacial score (nSPS) is 11.6. The molecule has 0 aliphatic rings. The molecule has 1 aromatic heterocycles. The molecule has 2 N–H and O–H groups in total. The van der Waals surface area contributed by atoms with Crippen molar-refractivity contribution < 1.29 is 52.0 Å². The van der Waals surface area contributed by atoms with Crippen molar-refractivity contribution in [2.45, 2.75) is 19.3 Å². The van der Waals surface area contributed by atoms with Gasteiger partial charge in [0.15, 0.2) is 0 Å². The summed E-state index contributed by atoms with van der Waals surface area (Å²) in [6.45, 7) is -1.08. The van der Waals surface area contributed by atoms with Crippen molar-refractivity contribution in [3.63, 3.8) is 0 Å². The zero-order valence-electron chi connectivity index (χ0n) is 14.7. The Kier molecular flexibility index (Phi) is 9.28. The van der Waals surface area contributed by atoms with Gasteiger partial charge in [0.25, 0.3) is 0 Å². The Balaban J connectivity index is 0.00000338. The van der Waals surface area contributed by atoms with Crippen LogP contribution in [-0.4, -0.2) is 28.8 Å². The first-order chi connectivity index (χ1) is 11.9. The number of nitrogens with zero attached hydrogens (tertiary/aromatic N) is 2. The second kappa shape index (κ2) is 10.7. The van der Waals surface area contributed by atoms with Gasteiger partial charge in [-0.05, 0) is 19.1 Å². The zero-order valence-corrected chi connectivity index (χ0v) is 17.6. The van der Waals surface area contributed by atoms with Crippen molar-refractivity contribution >= 4 is 22.2 Å². The Morgan fingerprint density at radius 1 is 1.35 bits per heavy atom. The van der Waals surface area contributed by atoms with Crippen molar-refractivity contribution in [3.8, 4) is 11.5 Å². The SMILES string of the molecule is COc1ccnc(CS(=O)C[N-]c2ccc(OC(F)F)cc2N)c1C.[Na+]. The summed E-state index contributed by atoms with van der Waals surface area (Å²) in [6, 6.07) is 5.76. The summed E-state index contributed by atoms with van der Waals surface area (Å²) in [6.07, 6.45) is 1.59. The van der Waals surface area contributed by atoms with E-state index >= 15 is 0 Å². The van der Waals surface area contributed by atoms with E-state index in [-0.39, 0.29) is 52.6 Å². The van der Waals surface area contributed by atoms with Crippen LogP contribution in [-0.2, 0) is 16.6 Å². The van der Waals surface area contributed by atoms with Gasteiger partial charge < -0.3 is 20.5 Å². The Bertz CT molecular complexity index is 766. The number of nitrogen functional groups attached to an aromatic ring is 1. The number of pyridine rings is 1. The number of ether oxygens (including phenoxy) is 2. The van der Waals surface area contributed by atoms with Crippen LogP contribution in [0.1, 0.15) is 11.3 Å². The third-order valence-corrected chi connectivity index (χ3v) is 4.39. The first kappa shape index (κ1) is 22.6. The summed E-state index contributed by atoms with van der Waals surface area (Å²) in [5.41, 5.74) is 7.78. The number of hydrogen-bond acceptors (Lipinski definition) is 5. The first-order valence-electron chi connectivity index (χ1n) is 7.26. The summed E-state index contributed by atoms with van der Waals surface area (Å²) in [7, 11) is 0.252. The maximum atomic E-state index is 12.2. The van der Waals surface area contributed by atoms with Crippen molar-refractivity contribution in [2.75, 3.05) is 18.7 Å². The van der Waals surface area contributed by atoms with E-state index in [9.17, 15) is 13.0 Å². The quantitative estimate of drug-likeness (QED) is 0.521. The number of methoxy groups -OCH3 is 1. The topological polar surface area (TPSA) is 88.5 Å². The van der Waals surface area contributed by atoms with Crippen LogP contribution in [0.5, 0.6) is 11.5 Å². The van der Waals surface area contributed by atoms with E-state index in [4.69, 9.17) is 10.5 Å². The number of aromatic nitrogens is 1. The predicted octanol–water partition coefficient (Wildman–Crippen LogP) is 0.498. The van der Waals surface area contributed by atoms with E-state index in [0.717, 1.165) is 5.56 Å². The molecule has 0 saturated carbocycles. The number of benzene rings is 1. The number of anilines is 1. The third kappa shape index (κ3) is 6.39. The number of nitrogens with two attached hydrogens (primary N) is 1. The zero-order chi connectivity index (χ0) is 18.4. The van der Waals surface area contributed by atoms with Crippen LogP contribution < -0.4 is 44.8 Å². The van der Waals surface area contributed by atoms with Gasteiger partial charge in [-0.25, -0.2) is 0 Å². The molecule has 0 spiro atoms. The van der Waals surface area contributed by atoms with Crippen molar-refractivity contribution in [2.24, 2.45) is 0 Å². The summed E-state index contributed by atoms with van der Waals surface area (Å²) in [4.78, 5) is 4.21. The molecular weight excluding hydrogens is 375 g/mol. The molecule has 1 unspecified atom stereocenters.